The number of carbonyl (C=O) groups excluding carboxylic acids is 2. The zero-order valence-electron chi connectivity index (χ0n) is 16.2. The summed E-state index contributed by atoms with van der Waals surface area (Å²) in [4.78, 5) is 29.2. The molecule has 28 heavy (non-hydrogen) atoms. The SMILES string of the molecule is Cc1ccccc1NC(=O)c1cccc(C(=O)Nc2ccc(C(C)C)cc2)n1. The van der Waals surface area contributed by atoms with Crippen molar-refractivity contribution in [3.63, 3.8) is 0 Å². The number of hydrogen-bond acceptors (Lipinski definition) is 3. The van der Waals surface area contributed by atoms with Crippen LogP contribution in [0, 0.1) is 6.92 Å². The van der Waals surface area contributed by atoms with E-state index in [0.29, 0.717) is 11.6 Å². The minimum atomic E-state index is -0.358. The van der Waals surface area contributed by atoms with Crippen LogP contribution in [0.25, 0.3) is 0 Å². The highest BCUT2D eigenvalue weighted by Gasteiger charge is 2.13. The Bertz CT molecular complexity index is 995. The third kappa shape index (κ3) is 4.62. The number of aryl methyl sites for hydroxylation is 1. The first-order valence-corrected chi connectivity index (χ1v) is 9.19. The number of rotatable bonds is 5. The zero-order chi connectivity index (χ0) is 20.1. The van der Waals surface area contributed by atoms with Crippen LogP contribution in [0.3, 0.4) is 0 Å². The van der Waals surface area contributed by atoms with Crippen molar-refractivity contribution in [3.05, 3.63) is 89.2 Å². The maximum atomic E-state index is 12.5. The number of aromatic nitrogens is 1. The van der Waals surface area contributed by atoms with E-state index < -0.39 is 0 Å². The minimum absolute atomic E-state index is 0.186. The number of amides is 2. The molecule has 1 aromatic heterocycles. The first kappa shape index (κ1) is 19.3. The van der Waals surface area contributed by atoms with Gasteiger partial charge in [-0.1, -0.05) is 50.2 Å². The van der Waals surface area contributed by atoms with Gasteiger partial charge in [0.25, 0.3) is 11.8 Å². The van der Waals surface area contributed by atoms with Crippen LogP contribution in [0.1, 0.15) is 51.9 Å². The summed E-state index contributed by atoms with van der Waals surface area (Å²) < 4.78 is 0. The second kappa shape index (κ2) is 8.48. The van der Waals surface area contributed by atoms with E-state index in [-0.39, 0.29) is 23.2 Å². The molecule has 5 nitrogen and oxygen atoms in total. The summed E-state index contributed by atoms with van der Waals surface area (Å²) in [6, 6.07) is 20.0. The van der Waals surface area contributed by atoms with Gasteiger partial charge in [-0.3, -0.25) is 9.59 Å². The van der Waals surface area contributed by atoms with E-state index in [9.17, 15) is 9.59 Å². The van der Waals surface area contributed by atoms with Gasteiger partial charge in [-0.2, -0.15) is 0 Å². The van der Waals surface area contributed by atoms with Crippen LogP contribution < -0.4 is 10.6 Å². The summed E-state index contributed by atoms with van der Waals surface area (Å²) in [6.45, 7) is 6.15. The van der Waals surface area contributed by atoms with Gasteiger partial charge >= 0.3 is 0 Å². The van der Waals surface area contributed by atoms with E-state index in [4.69, 9.17) is 0 Å². The van der Waals surface area contributed by atoms with Crippen molar-refractivity contribution >= 4 is 23.2 Å². The Labute approximate surface area is 164 Å². The molecule has 0 aliphatic heterocycles. The molecule has 0 bridgehead atoms. The Morgan fingerprint density at radius 2 is 1.39 bits per heavy atom. The standard InChI is InChI=1S/C23H23N3O2/c1-15(2)17-11-13-18(14-12-17)24-22(27)20-9-6-10-21(25-20)23(28)26-19-8-5-4-7-16(19)3/h4-15H,1-3H3,(H,24,27)(H,26,28). The summed E-state index contributed by atoms with van der Waals surface area (Å²) in [5, 5.41) is 5.64. The number of nitrogens with one attached hydrogen (secondary N) is 2. The van der Waals surface area contributed by atoms with Gasteiger partial charge in [0.05, 0.1) is 0 Å². The average Bonchev–Trinajstić information content (AvgIpc) is 2.70. The molecule has 2 amide bonds. The first-order chi connectivity index (χ1) is 13.4. The fourth-order valence-electron chi connectivity index (χ4n) is 2.73. The van der Waals surface area contributed by atoms with Crippen molar-refractivity contribution in [1.29, 1.82) is 0 Å². The molecule has 0 aliphatic rings. The Hall–Kier alpha value is -3.47. The summed E-state index contributed by atoms with van der Waals surface area (Å²) in [5.74, 6) is -0.289. The van der Waals surface area contributed by atoms with Gasteiger partial charge < -0.3 is 10.6 Å². The molecule has 0 saturated heterocycles. The number of anilines is 2. The topological polar surface area (TPSA) is 71.1 Å². The molecule has 1 heterocycles. The maximum Gasteiger partial charge on any atom is 0.274 e. The molecule has 0 fully saturated rings. The van der Waals surface area contributed by atoms with Gasteiger partial charge in [0.1, 0.15) is 11.4 Å². The van der Waals surface area contributed by atoms with Crippen LogP contribution in [-0.4, -0.2) is 16.8 Å². The second-order valence-electron chi connectivity index (χ2n) is 6.91. The lowest BCUT2D eigenvalue weighted by atomic mass is 10.0. The quantitative estimate of drug-likeness (QED) is 0.660. The molecular formula is C23H23N3O2. The molecule has 142 valence electrons. The third-order valence-corrected chi connectivity index (χ3v) is 4.44. The molecule has 5 heteroatoms. The Morgan fingerprint density at radius 3 is 2.00 bits per heavy atom. The lowest BCUT2D eigenvalue weighted by molar-refractivity contribution is 0.101. The van der Waals surface area contributed by atoms with Crippen molar-refractivity contribution in [2.24, 2.45) is 0 Å². The Morgan fingerprint density at radius 1 is 0.786 bits per heavy atom. The van der Waals surface area contributed by atoms with Gasteiger partial charge in [0.2, 0.25) is 0 Å². The zero-order valence-corrected chi connectivity index (χ0v) is 16.2. The predicted molar refractivity (Wildman–Crippen MR) is 112 cm³/mol. The van der Waals surface area contributed by atoms with Gasteiger partial charge in [-0.05, 0) is 54.3 Å². The molecule has 0 spiro atoms. The van der Waals surface area contributed by atoms with E-state index in [1.165, 1.54) is 5.56 Å². The summed E-state index contributed by atoms with van der Waals surface area (Å²) in [7, 11) is 0. The fraction of sp³-hybridized carbons (Fsp3) is 0.174. The van der Waals surface area contributed by atoms with Crippen molar-refractivity contribution in [2.45, 2.75) is 26.7 Å². The van der Waals surface area contributed by atoms with Crippen LogP contribution in [-0.2, 0) is 0 Å². The maximum absolute atomic E-state index is 12.5. The van der Waals surface area contributed by atoms with E-state index in [1.54, 1.807) is 18.2 Å². The molecule has 3 rings (SSSR count). The van der Waals surface area contributed by atoms with E-state index in [0.717, 1.165) is 11.3 Å². The fourth-order valence-corrected chi connectivity index (χ4v) is 2.73. The van der Waals surface area contributed by atoms with E-state index >= 15 is 0 Å². The van der Waals surface area contributed by atoms with Crippen molar-refractivity contribution in [2.75, 3.05) is 10.6 Å². The lowest BCUT2D eigenvalue weighted by Gasteiger charge is -2.10. The Balaban J connectivity index is 1.72. The lowest BCUT2D eigenvalue weighted by Crippen LogP contribution is -2.18. The Kier molecular flexibility index (Phi) is 5.84. The molecule has 0 saturated carbocycles. The highest BCUT2D eigenvalue weighted by atomic mass is 16.2. The van der Waals surface area contributed by atoms with Crippen molar-refractivity contribution in [1.82, 2.24) is 4.98 Å². The summed E-state index contributed by atoms with van der Waals surface area (Å²) in [6.07, 6.45) is 0. The largest absolute Gasteiger partial charge is 0.321 e. The number of carbonyl (C=O) groups is 2. The number of hydrogen-bond donors (Lipinski definition) is 2. The second-order valence-corrected chi connectivity index (χ2v) is 6.91. The van der Waals surface area contributed by atoms with Crippen LogP contribution >= 0.6 is 0 Å². The van der Waals surface area contributed by atoms with Crippen LogP contribution in [0.4, 0.5) is 11.4 Å². The van der Waals surface area contributed by atoms with Gasteiger partial charge in [-0.15, -0.1) is 0 Å². The highest BCUT2D eigenvalue weighted by Crippen LogP contribution is 2.18. The number of para-hydroxylation sites is 1. The molecule has 2 N–H and O–H groups in total. The van der Waals surface area contributed by atoms with Crippen molar-refractivity contribution < 1.29 is 9.59 Å². The highest BCUT2D eigenvalue weighted by molar-refractivity contribution is 6.06. The number of benzene rings is 2. The number of pyridine rings is 1. The van der Waals surface area contributed by atoms with Crippen LogP contribution in [0.15, 0.2) is 66.7 Å². The summed E-state index contributed by atoms with van der Waals surface area (Å²) in [5.41, 5.74) is 3.93. The monoisotopic (exact) mass is 373 g/mol. The molecule has 0 aliphatic carbocycles. The predicted octanol–water partition coefficient (Wildman–Crippen LogP) is 5.02. The van der Waals surface area contributed by atoms with Gasteiger partial charge in [0.15, 0.2) is 0 Å². The van der Waals surface area contributed by atoms with Gasteiger partial charge in [0, 0.05) is 11.4 Å². The average molecular weight is 373 g/mol. The van der Waals surface area contributed by atoms with E-state index in [1.807, 2.05) is 55.5 Å². The van der Waals surface area contributed by atoms with Gasteiger partial charge in [-0.25, -0.2) is 4.98 Å². The molecule has 0 radical (unpaired) electrons. The first-order valence-electron chi connectivity index (χ1n) is 9.19. The summed E-state index contributed by atoms with van der Waals surface area (Å²) >= 11 is 0. The third-order valence-electron chi connectivity index (χ3n) is 4.44. The van der Waals surface area contributed by atoms with Crippen LogP contribution in [0.5, 0.6) is 0 Å². The molecule has 0 unspecified atom stereocenters. The molecule has 2 aromatic carbocycles. The molecular weight excluding hydrogens is 350 g/mol. The van der Waals surface area contributed by atoms with E-state index in [2.05, 4.69) is 29.5 Å². The number of nitrogens with zero attached hydrogens (tertiary/aromatic N) is 1. The van der Waals surface area contributed by atoms with Crippen LogP contribution in [0.2, 0.25) is 0 Å². The molecule has 0 atom stereocenters. The normalized spacial score (nSPS) is 10.6. The smallest absolute Gasteiger partial charge is 0.274 e. The van der Waals surface area contributed by atoms with Crippen molar-refractivity contribution in [3.8, 4) is 0 Å². The molecule has 3 aromatic rings. The minimum Gasteiger partial charge on any atom is -0.321 e.